The molecule has 1 aromatic carbocycles. The number of benzene rings is 1. The predicted molar refractivity (Wildman–Crippen MR) is 85.2 cm³/mol. The van der Waals surface area contributed by atoms with E-state index in [0.29, 0.717) is 12.1 Å². The van der Waals surface area contributed by atoms with E-state index in [1.165, 1.54) is 40.6 Å². The fourth-order valence-electron chi connectivity index (χ4n) is 3.94. The van der Waals surface area contributed by atoms with Gasteiger partial charge in [0.15, 0.2) is 0 Å². The molecule has 2 aliphatic heterocycles. The second kappa shape index (κ2) is 4.37. The maximum atomic E-state index is 6.19. The molecule has 0 unspecified atom stereocenters. The number of H-pyrrole nitrogens is 1. The molecule has 0 spiro atoms. The van der Waals surface area contributed by atoms with Crippen molar-refractivity contribution in [1.82, 2.24) is 9.88 Å². The van der Waals surface area contributed by atoms with Gasteiger partial charge >= 0.3 is 0 Å². The molecule has 104 valence electrons. The van der Waals surface area contributed by atoms with Crippen molar-refractivity contribution in [2.24, 2.45) is 0 Å². The Bertz CT molecular complexity index is 713. The van der Waals surface area contributed by atoms with Crippen LogP contribution in [0.5, 0.6) is 0 Å². The summed E-state index contributed by atoms with van der Waals surface area (Å²) < 4.78 is 0. The number of aromatic nitrogens is 1. The van der Waals surface area contributed by atoms with Crippen LogP contribution in [-0.2, 0) is 0 Å². The first-order valence-electron chi connectivity index (χ1n) is 7.34. The number of likely N-dealkylation sites (N-methyl/N-ethyl adjacent to an activating group) is 1. The highest BCUT2D eigenvalue weighted by Crippen LogP contribution is 2.40. The number of aryl methyl sites for hydroxylation is 1. The summed E-state index contributed by atoms with van der Waals surface area (Å²) in [5.74, 6) is 0. The fraction of sp³-hybridized carbons (Fsp3) is 0.412. The lowest BCUT2D eigenvalue weighted by Crippen LogP contribution is -2.34. The molecule has 1 saturated heterocycles. The predicted octanol–water partition coefficient (Wildman–Crippen LogP) is 4.38. The van der Waals surface area contributed by atoms with Crippen molar-refractivity contribution in [2.75, 3.05) is 7.05 Å². The number of hydrogen-bond donors (Lipinski definition) is 1. The van der Waals surface area contributed by atoms with Crippen LogP contribution >= 0.6 is 11.6 Å². The average Bonchev–Trinajstić information content (AvgIpc) is 2.82. The Hall–Kier alpha value is -1.25. The first-order chi connectivity index (χ1) is 9.63. The Kier molecular flexibility index (Phi) is 2.73. The van der Waals surface area contributed by atoms with Gasteiger partial charge in [-0.25, -0.2) is 0 Å². The molecule has 0 saturated carbocycles. The summed E-state index contributed by atoms with van der Waals surface area (Å²) >= 11 is 6.19. The van der Waals surface area contributed by atoms with Gasteiger partial charge in [0.25, 0.3) is 0 Å². The Morgan fingerprint density at radius 3 is 2.95 bits per heavy atom. The Labute approximate surface area is 124 Å². The van der Waals surface area contributed by atoms with Gasteiger partial charge in [-0.2, -0.15) is 0 Å². The van der Waals surface area contributed by atoms with Gasteiger partial charge in [0.2, 0.25) is 0 Å². The number of rotatable bonds is 1. The maximum Gasteiger partial charge on any atom is 0.0463 e. The van der Waals surface area contributed by atoms with E-state index in [4.69, 9.17) is 11.6 Å². The second-order valence-electron chi connectivity index (χ2n) is 6.17. The molecule has 2 nitrogen and oxygen atoms in total. The quantitative estimate of drug-likeness (QED) is 0.824. The normalized spacial score (nSPS) is 26.2. The van der Waals surface area contributed by atoms with Crippen LogP contribution in [0.3, 0.4) is 0 Å². The summed E-state index contributed by atoms with van der Waals surface area (Å²) in [5, 5.41) is 2.08. The van der Waals surface area contributed by atoms with Crippen molar-refractivity contribution in [2.45, 2.75) is 38.3 Å². The lowest BCUT2D eigenvalue weighted by atomic mass is 9.93. The number of hydrogen-bond acceptors (Lipinski definition) is 1. The zero-order valence-corrected chi connectivity index (χ0v) is 12.7. The van der Waals surface area contributed by atoms with Crippen LogP contribution in [0.25, 0.3) is 16.5 Å². The standard InChI is InChI=1S/C17H19ClN2/c1-10-17(15-9-12(18)3-6-16(15)19-10)11-7-13-4-5-14(8-11)20(13)2/h3,6-7,9,13-14,19H,4-5,8H2,1-2H3/t13-,14+/m1/s1. The van der Waals surface area contributed by atoms with Crippen LogP contribution in [0, 0.1) is 6.92 Å². The molecule has 2 bridgehead atoms. The van der Waals surface area contributed by atoms with Crippen molar-refractivity contribution < 1.29 is 0 Å². The zero-order chi connectivity index (χ0) is 13.9. The minimum Gasteiger partial charge on any atom is -0.358 e. The van der Waals surface area contributed by atoms with Crippen molar-refractivity contribution >= 4 is 28.1 Å². The van der Waals surface area contributed by atoms with Gasteiger partial charge in [0.05, 0.1) is 0 Å². The van der Waals surface area contributed by atoms with Crippen molar-refractivity contribution in [3.63, 3.8) is 0 Å². The molecule has 20 heavy (non-hydrogen) atoms. The smallest absolute Gasteiger partial charge is 0.0463 e. The second-order valence-corrected chi connectivity index (χ2v) is 6.61. The van der Waals surface area contributed by atoms with Crippen LogP contribution in [0.4, 0.5) is 0 Å². The first-order valence-corrected chi connectivity index (χ1v) is 7.72. The van der Waals surface area contributed by atoms with Gasteiger partial charge in [0, 0.05) is 39.3 Å². The summed E-state index contributed by atoms with van der Waals surface area (Å²) in [6.45, 7) is 2.17. The molecular formula is C17H19ClN2. The SMILES string of the molecule is Cc1[nH]c2ccc(Cl)cc2c1C1=C[C@H]2CC[C@@H](C1)N2C. The topological polar surface area (TPSA) is 19.0 Å². The molecule has 1 fully saturated rings. The fourth-order valence-corrected chi connectivity index (χ4v) is 4.11. The number of nitrogens with zero attached hydrogens (tertiary/aromatic N) is 1. The summed E-state index contributed by atoms with van der Waals surface area (Å²) in [4.78, 5) is 6.03. The molecular weight excluding hydrogens is 268 g/mol. The summed E-state index contributed by atoms with van der Waals surface area (Å²) in [6, 6.07) is 7.46. The molecule has 2 aromatic rings. The van der Waals surface area contributed by atoms with E-state index in [-0.39, 0.29) is 0 Å². The third-order valence-corrected chi connectivity index (χ3v) is 5.25. The minimum absolute atomic E-state index is 0.618. The molecule has 1 N–H and O–H groups in total. The van der Waals surface area contributed by atoms with Gasteiger partial charge in [0.1, 0.15) is 0 Å². The summed E-state index contributed by atoms with van der Waals surface area (Å²) in [5.41, 5.74) is 5.33. The maximum absolute atomic E-state index is 6.19. The van der Waals surface area contributed by atoms with E-state index in [1.54, 1.807) is 0 Å². The zero-order valence-electron chi connectivity index (χ0n) is 11.9. The largest absolute Gasteiger partial charge is 0.358 e. The number of halogens is 1. The van der Waals surface area contributed by atoms with Crippen molar-refractivity contribution in [1.29, 1.82) is 0 Å². The Balaban J connectivity index is 1.89. The molecule has 3 heterocycles. The van der Waals surface area contributed by atoms with Crippen molar-refractivity contribution in [3.05, 3.63) is 40.6 Å². The highest BCUT2D eigenvalue weighted by atomic mass is 35.5. The van der Waals surface area contributed by atoms with E-state index < -0.39 is 0 Å². The van der Waals surface area contributed by atoms with Crippen LogP contribution < -0.4 is 0 Å². The molecule has 2 atom stereocenters. The average molecular weight is 287 g/mol. The first kappa shape index (κ1) is 12.5. The van der Waals surface area contributed by atoms with Crippen LogP contribution in [0.15, 0.2) is 24.3 Å². The molecule has 2 aliphatic rings. The van der Waals surface area contributed by atoms with E-state index in [0.717, 1.165) is 11.4 Å². The number of fused-ring (bicyclic) bond motifs is 3. The van der Waals surface area contributed by atoms with Crippen molar-refractivity contribution in [3.8, 4) is 0 Å². The van der Waals surface area contributed by atoms with Gasteiger partial charge < -0.3 is 4.98 Å². The number of nitrogens with one attached hydrogen (secondary N) is 1. The summed E-state index contributed by atoms with van der Waals surface area (Å²) in [7, 11) is 2.26. The summed E-state index contributed by atoms with van der Waals surface area (Å²) in [6.07, 6.45) is 6.25. The van der Waals surface area contributed by atoms with Crippen LogP contribution in [0.1, 0.15) is 30.5 Å². The van der Waals surface area contributed by atoms with Gasteiger partial charge in [-0.15, -0.1) is 0 Å². The van der Waals surface area contributed by atoms with Gasteiger partial charge in [-0.1, -0.05) is 17.7 Å². The lowest BCUT2D eigenvalue weighted by Gasteiger charge is -2.30. The van der Waals surface area contributed by atoms with E-state index >= 15 is 0 Å². The lowest BCUT2D eigenvalue weighted by molar-refractivity contribution is 0.264. The third-order valence-electron chi connectivity index (χ3n) is 5.01. The Morgan fingerprint density at radius 2 is 2.15 bits per heavy atom. The molecule has 3 heteroatoms. The minimum atomic E-state index is 0.618. The van der Waals surface area contributed by atoms with Gasteiger partial charge in [-0.05, 0) is 57.0 Å². The van der Waals surface area contributed by atoms with E-state index in [1.807, 2.05) is 6.07 Å². The highest BCUT2D eigenvalue weighted by molar-refractivity contribution is 6.31. The molecule has 0 aliphatic carbocycles. The monoisotopic (exact) mass is 286 g/mol. The molecule has 0 radical (unpaired) electrons. The number of aromatic amines is 1. The molecule has 4 rings (SSSR count). The van der Waals surface area contributed by atoms with Crippen LogP contribution in [0.2, 0.25) is 5.02 Å². The van der Waals surface area contributed by atoms with Gasteiger partial charge in [-0.3, -0.25) is 4.90 Å². The third kappa shape index (κ3) is 1.75. The van der Waals surface area contributed by atoms with E-state index in [2.05, 4.69) is 42.1 Å². The van der Waals surface area contributed by atoms with E-state index in [9.17, 15) is 0 Å². The molecule has 0 amide bonds. The highest BCUT2D eigenvalue weighted by Gasteiger charge is 2.34. The van der Waals surface area contributed by atoms with Crippen LogP contribution in [-0.4, -0.2) is 29.0 Å². The molecule has 1 aromatic heterocycles. The Morgan fingerprint density at radius 1 is 1.30 bits per heavy atom.